The molecular weight excluding hydrogens is 356 g/mol. The Labute approximate surface area is 152 Å². The van der Waals surface area contributed by atoms with E-state index in [0.29, 0.717) is 5.69 Å². The van der Waals surface area contributed by atoms with Crippen molar-refractivity contribution in [1.29, 1.82) is 0 Å². The Hall–Kier alpha value is -2.87. The zero-order valence-corrected chi connectivity index (χ0v) is 15.5. The first kappa shape index (κ1) is 19.5. The van der Waals surface area contributed by atoms with Gasteiger partial charge in [0.1, 0.15) is 0 Å². The topological polar surface area (TPSA) is 116 Å². The highest BCUT2D eigenvalue weighted by molar-refractivity contribution is 7.92. The van der Waals surface area contributed by atoms with Gasteiger partial charge in [-0.3, -0.25) is 9.52 Å². The molecule has 7 nitrogen and oxygen atoms in total. The lowest BCUT2D eigenvalue weighted by molar-refractivity contribution is -0.125. The summed E-state index contributed by atoms with van der Waals surface area (Å²) in [4.78, 5) is 22.9. The molecule has 0 spiro atoms. The van der Waals surface area contributed by atoms with Crippen LogP contribution in [-0.2, 0) is 19.6 Å². The van der Waals surface area contributed by atoms with Crippen LogP contribution in [0.2, 0.25) is 0 Å². The molecule has 0 aliphatic rings. The number of rotatable bonds is 6. The molecule has 0 aliphatic heterocycles. The van der Waals surface area contributed by atoms with Gasteiger partial charge in [-0.2, -0.15) is 0 Å². The van der Waals surface area contributed by atoms with Gasteiger partial charge in [-0.1, -0.05) is 23.8 Å². The number of benzene rings is 2. The van der Waals surface area contributed by atoms with Gasteiger partial charge in [-0.25, -0.2) is 13.2 Å². The minimum absolute atomic E-state index is 0.00148. The Morgan fingerprint density at radius 1 is 1.12 bits per heavy atom. The first-order valence-corrected chi connectivity index (χ1v) is 9.29. The van der Waals surface area contributed by atoms with E-state index in [2.05, 4.69) is 4.72 Å². The number of primary amides is 1. The second-order valence-electron chi connectivity index (χ2n) is 5.90. The number of hydrogen-bond donors (Lipinski definition) is 2. The van der Waals surface area contributed by atoms with Crippen LogP contribution in [-0.4, -0.2) is 26.4 Å². The molecule has 0 fully saturated rings. The molecule has 2 aromatic carbocycles. The van der Waals surface area contributed by atoms with Gasteiger partial charge < -0.3 is 10.5 Å². The number of esters is 1. The largest absolute Gasteiger partial charge is 0.449 e. The summed E-state index contributed by atoms with van der Waals surface area (Å²) in [6.07, 6.45) is -1.11. The molecule has 3 N–H and O–H groups in total. The molecule has 8 heteroatoms. The smallest absolute Gasteiger partial charge is 0.338 e. The number of carbonyl (C=O) groups excluding carboxylic acids is 2. The fourth-order valence-corrected chi connectivity index (χ4v) is 3.38. The molecule has 0 radical (unpaired) electrons. The highest BCUT2D eigenvalue weighted by Gasteiger charge is 2.20. The van der Waals surface area contributed by atoms with Crippen LogP contribution >= 0.6 is 0 Å². The van der Waals surface area contributed by atoms with Crippen LogP contribution in [0.4, 0.5) is 5.69 Å². The highest BCUT2D eigenvalue weighted by Crippen LogP contribution is 2.21. The maximum atomic E-state index is 12.6. The summed E-state index contributed by atoms with van der Waals surface area (Å²) < 4.78 is 32.6. The molecule has 0 aliphatic carbocycles. The maximum absolute atomic E-state index is 12.6. The Bertz CT molecular complexity index is 954. The van der Waals surface area contributed by atoms with Crippen molar-refractivity contribution in [3.05, 3.63) is 59.2 Å². The van der Waals surface area contributed by atoms with Crippen molar-refractivity contribution in [2.24, 2.45) is 5.73 Å². The molecule has 1 amide bonds. The van der Waals surface area contributed by atoms with Crippen molar-refractivity contribution in [2.45, 2.75) is 31.8 Å². The summed E-state index contributed by atoms with van der Waals surface area (Å²) in [5, 5.41) is 0. The first-order valence-electron chi connectivity index (χ1n) is 7.80. The van der Waals surface area contributed by atoms with Crippen molar-refractivity contribution in [3.63, 3.8) is 0 Å². The van der Waals surface area contributed by atoms with E-state index < -0.39 is 28.0 Å². The molecule has 0 unspecified atom stereocenters. The average molecular weight is 376 g/mol. The summed E-state index contributed by atoms with van der Waals surface area (Å²) in [5.74, 6) is -1.63. The normalized spacial score (nSPS) is 12.3. The van der Waals surface area contributed by atoms with Gasteiger partial charge in [0.25, 0.3) is 15.9 Å². The molecule has 0 bridgehead atoms. The van der Waals surface area contributed by atoms with Crippen molar-refractivity contribution in [3.8, 4) is 0 Å². The molecule has 0 saturated carbocycles. The van der Waals surface area contributed by atoms with E-state index >= 15 is 0 Å². The summed E-state index contributed by atoms with van der Waals surface area (Å²) in [6.45, 7) is 5.04. The molecule has 2 rings (SSSR count). The number of nitrogens with two attached hydrogens (primary N) is 1. The van der Waals surface area contributed by atoms with Gasteiger partial charge in [-0.15, -0.1) is 0 Å². The van der Waals surface area contributed by atoms with Gasteiger partial charge >= 0.3 is 5.97 Å². The first-order chi connectivity index (χ1) is 12.1. The van der Waals surface area contributed by atoms with E-state index in [-0.39, 0.29) is 10.5 Å². The molecule has 1 atom stereocenters. The third-order valence-corrected chi connectivity index (χ3v) is 5.05. The molecule has 2 aromatic rings. The van der Waals surface area contributed by atoms with Crippen LogP contribution in [0.1, 0.15) is 28.4 Å². The fourth-order valence-electron chi connectivity index (χ4n) is 2.21. The molecular formula is C18H20N2O5S. The predicted molar refractivity (Wildman–Crippen MR) is 97.2 cm³/mol. The monoisotopic (exact) mass is 376 g/mol. The Kier molecular flexibility index (Phi) is 5.66. The van der Waals surface area contributed by atoms with E-state index in [1.54, 1.807) is 19.1 Å². The molecule has 0 aromatic heterocycles. The van der Waals surface area contributed by atoms with E-state index in [1.807, 2.05) is 13.0 Å². The van der Waals surface area contributed by atoms with Gasteiger partial charge in [-0.05, 0) is 50.6 Å². The standard InChI is InChI=1S/C18H20N2O5S/c1-11-7-8-16(12(2)9-11)20-26(23,24)15-6-4-5-14(10-15)18(22)25-13(3)17(19)21/h4-10,13,20H,1-3H3,(H2,19,21)/t13-/m1/s1. The minimum atomic E-state index is -3.90. The lowest BCUT2D eigenvalue weighted by Crippen LogP contribution is -2.30. The molecule has 138 valence electrons. The van der Waals surface area contributed by atoms with Crippen LogP contribution < -0.4 is 10.5 Å². The van der Waals surface area contributed by atoms with Gasteiger partial charge in [0.2, 0.25) is 0 Å². The van der Waals surface area contributed by atoms with E-state index in [1.165, 1.54) is 31.2 Å². The van der Waals surface area contributed by atoms with Gasteiger partial charge in [0, 0.05) is 0 Å². The summed E-state index contributed by atoms with van der Waals surface area (Å²) in [6, 6.07) is 10.7. The van der Waals surface area contributed by atoms with Gasteiger partial charge in [0.15, 0.2) is 6.10 Å². The van der Waals surface area contributed by atoms with Crippen molar-refractivity contribution < 1.29 is 22.7 Å². The van der Waals surface area contributed by atoms with Crippen LogP contribution in [0, 0.1) is 13.8 Å². The van der Waals surface area contributed by atoms with Gasteiger partial charge in [0.05, 0.1) is 16.1 Å². The second-order valence-corrected chi connectivity index (χ2v) is 7.58. The third-order valence-electron chi connectivity index (χ3n) is 3.69. The number of amides is 1. The fraction of sp³-hybridized carbons (Fsp3) is 0.222. The number of hydrogen-bond acceptors (Lipinski definition) is 5. The number of aryl methyl sites for hydroxylation is 2. The van der Waals surface area contributed by atoms with Crippen LogP contribution in [0.15, 0.2) is 47.4 Å². The zero-order valence-electron chi connectivity index (χ0n) is 14.6. The SMILES string of the molecule is Cc1ccc(NS(=O)(=O)c2cccc(C(=O)O[C@H](C)C(N)=O)c2)c(C)c1. The van der Waals surface area contributed by atoms with Crippen LogP contribution in [0.3, 0.4) is 0 Å². The quantitative estimate of drug-likeness (QED) is 0.749. The summed E-state index contributed by atoms with van der Waals surface area (Å²) >= 11 is 0. The highest BCUT2D eigenvalue weighted by atomic mass is 32.2. The number of anilines is 1. The second kappa shape index (κ2) is 7.57. The van der Waals surface area contributed by atoms with E-state index in [0.717, 1.165) is 11.1 Å². The Morgan fingerprint density at radius 3 is 2.42 bits per heavy atom. The number of carbonyl (C=O) groups is 2. The summed E-state index contributed by atoms with van der Waals surface area (Å²) in [5.41, 5.74) is 7.29. The number of nitrogens with one attached hydrogen (secondary N) is 1. The lowest BCUT2D eigenvalue weighted by atomic mass is 10.1. The lowest BCUT2D eigenvalue weighted by Gasteiger charge is -2.13. The Balaban J connectivity index is 2.27. The van der Waals surface area contributed by atoms with Crippen molar-refractivity contribution in [2.75, 3.05) is 4.72 Å². The zero-order chi connectivity index (χ0) is 19.5. The molecule has 0 saturated heterocycles. The molecule has 26 heavy (non-hydrogen) atoms. The minimum Gasteiger partial charge on any atom is -0.449 e. The summed E-state index contributed by atoms with van der Waals surface area (Å²) in [7, 11) is -3.90. The van der Waals surface area contributed by atoms with E-state index in [9.17, 15) is 18.0 Å². The number of ether oxygens (including phenoxy) is 1. The van der Waals surface area contributed by atoms with E-state index in [4.69, 9.17) is 10.5 Å². The predicted octanol–water partition coefficient (Wildman–Crippen LogP) is 2.13. The van der Waals surface area contributed by atoms with Crippen molar-refractivity contribution in [1.82, 2.24) is 0 Å². The third kappa shape index (κ3) is 4.60. The van der Waals surface area contributed by atoms with Crippen molar-refractivity contribution >= 4 is 27.6 Å². The van der Waals surface area contributed by atoms with Crippen LogP contribution in [0.5, 0.6) is 0 Å². The molecule has 0 heterocycles. The average Bonchev–Trinajstić information content (AvgIpc) is 2.57. The maximum Gasteiger partial charge on any atom is 0.338 e. The Morgan fingerprint density at radius 2 is 1.81 bits per heavy atom. The number of sulfonamides is 1. The van der Waals surface area contributed by atoms with Crippen LogP contribution in [0.25, 0.3) is 0 Å².